The molecule has 0 aliphatic carbocycles. The maximum atomic E-state index is 10.4. The van der Waals surface area contributed by atoms with Crippen molar-refractivity contribution in [2.45, 2.75) is 26.0 Å². The van der Waals surface area contributed by atoms with E-state index >= 15 is 0 Å². The highest BCUT2D eigenvalue weighted by molar-refractivity contribution is 5.54. The molecule has 0 heterocycles. The number of rotatable bonds is 4. The number of aliphatic hydroxyl groups is 1. The van der Waals surface area contributed by atoms with E-state index in [0.717, 1.165) is 16.8 Å². The zero-order valence-electron chi connectivity index (χ0n) is 10.8. The van der Waals surface area contributed by atoms with E-state index in [-0.39, 0.29) is 0 Å². The van der Waals surface area contributed by atoms with Gasteiger partial charge in [-0.05, 0) is 25.5 Å². The Morgan fingerprint density at radius 2 is 1.50 bits per heavy atom. The highest BCUT2D eigenvalue weighted by atomic mass is 16.3. The molecule has 2 heteroatoms. The van der Waals surface area contributed by atoms with E-state index in [1.807, 2.05) is 54.6 Å². The molecule has 0 saturated heterocycles. The largest absolute Gasteiger partial charge is 0.384 e. The molecule has 2 aromatic rings. The lowest BCUT2D eigenvalue weighted by Crippen LogP contribution is -2.13. The number of benzene rings is 2. The lowest BCUT2D eigenvalue weighted by atomic mass is 10.00. The summed E-state index contributed by atoms with van der Waals surface area (Å²) in [6.45, 7) is 4.18. The lowest BCUT2D eigenvalue weighted by molar-refractivity contribution is 0.221. The van der Waals surface area contributed by atoms with Crippen molar-refractivity contribution >= 4 is 5.69 Å². The summed E-state index contributed by atoms with van der Waals surface area (Å²) >= 11 is 0. The number of hydrogen-bond donors (Lipinski definition) is 2. The second-order valence-electron chi connectivity index (χ2n) is 4.70. The van der Waals surface area contributed by atoms with Gasteiger partial charge in [-0.1, -0.05) is 48.5 Å². The van der Waals surface area contributed by atoms with Gasteiger partial charge in [0.2, 0.25) is 0 Å². The monoisotopic (exact) mass is 241 g/mol. The zero-order valence-corrected chi connectivity index (χ0v) is 10.8. The minimum Gasteiger partial charge on any atom is -0.384 e. The van der Waals surface area contributed by atoms with E-state index in [1.165, 1.54) is 0 Å². The summed E-state index contributed by atoms with van der Waals surface area (Å²) < 4.78 is 0. The van der Waals surface area contributed by atoms with Gasteiger partial charge in [0.25, 0.3) is 0 Å². The third-order valence-electron chi connectivity index (χ3n) is 2.81. The molecule has 0 saturated carbocycles. The Kier molecular flexibility index (Phi) is 4.00. The van der Waals surface area contributed by atoms with Gasteiger partial charge in [-0.15, -0.1) is 0 Å². The van der Waals surface area contributed by atoms with Crippen LogP contribution >= 0.6 is 0 Å². The number of nitrogens with one attached hydrogen (secondary N) is 1. The van der Waals surface area contributed by atoms with E-state index in [0.29, 0.717) is 6.04 Å². The molecular weight excluding hydrogens is 222 g/mol. The molecule has 0 aliphatic rings. The molecule has 0 radical (unpaired) electrons. The van der Waals surface area contributed by atoms with Crippen molar-refractivity contribution in [3.05, 3.63) is 65.7 Å². The molecule has 0 bridgehead atoms. The van der Waals surface area contributed by atoms with Crippen molar-refractivity contribution in [1.82, 2.24) is 0 Å². The minimum absolute atomic E-state index is 0.342. The molecule has 0 fully saturated rings. The van der Waals surface area contributed by atoms with Crippen LogP contribution in [-0.2, 0) is 0 Å². The summed E-state index contributed by atoms with van der Waals surface area (Å²) in [5.74, 6) is 0. The van der Waals surface area contributed by atoms with Crippen LogP contribution in [0.25, 0.3) is 0 Å². The molecule has 1 atom stereocenters. The molecule has 1 unspecified atom stereocenters. The van der Waals surface area contributed by atoms with Crippen molar-refractivity contribution in [3.8, 4) is 0 Å². The fourth-order valence-electron chi connectivity index (χ4n) is 1.99. The second-order valence-corrected chi connectivity index (χ2v) is 4.70. The number of hydrogen-bond acceptors (Lipinski definition) is 2. The van der Waals surface area contributed by atoms with Gasteiger partial charge in [-0.2, -0.15) is 0 Å². The maximum absolute atomic E-state index is 10.4. The second kappa shape index (κ2) is 5.69. The topological polar surface area (TPSA) is 32.3 Å². The summed E-state index contributed by atoms with van der Waals surface area (Å²) in [7, 11) is 0. The predicted octanol–water partition coefficient (Wildman–Crippen LogP) is 3.59. The van der Waals surface area contributed by atoms with Crippen LogP contribution < -0.4 is 5.32 Å². The Morgan fingerprint density at radius 1 is 0.889 bits per heavy atom. The van der Waals surface area contributed by atoms with Crippen molar-refractivity contribution in [3.63, 3.8) is 0 Å². The number of aliphatic hydroxyl groups excluding tert-OH is 1. The number of anilines is 1. The summed E-state index contributed by atoms with van der Waals surface area (Å²) in [5.41, 5.74) is 2.82. The van der Waals surface area contributed by atoms with Crippen LogP contribution in [0.15, 0.2) is 54.6 Å². The quantitative estimate of drug-likeness (QED) is 0.857. The summed E-state index contributed by atoms with van der Waals surface area (Å²) in [4.78, 5) is 0. The first-order chi connectivity index (χ1) is 8.68. The molecule has 0 amide bonds. The Morgan fingerprint density at radius 3 is 2.17 bits per heavy atom. The molecule has 0 spiro atoms. The van der Waals surface area contributed by atoms with Crippen molar-refractivity contribution in [1.29, 1.82) is 0 Å². The third kappa shape index (κ3) is 2.90. The Bertz CT molecular complexity index is 493. The van der Waals surface area contributed by atoms with Gasteiger partial charge < -0.3 is 10.4 Å². The van der Waals surface area contributed by atoms with E-state index in [1.54, 1.807) is 0 Å². The van der Waals surface area contributed by atoms with Crippen molar-refractivity contribution < 1.29 is 5.11 Å². The fraction of sp³-hybridized carbons (Fsp3) is 0.250. The molecule has 2 nitrogen and oxygen atoms in total. The SMILES string of the molecule is CC(C)Nc1ccccc1C(O)c1ccccc1. The first kappa shape index (κ1) is 12.7. The van der Waals surface area contributed by atoms with Crippen LogP contribution in [0.3, 0.4) is 0 Å². The molecule has 2 N–H and O–H groups in total. The fourth-order valence-corrected chi connectivity index (χ4v) is 1.99. The van der Waals surface area contributed by atoms with E-state index < -0.39 is 6.10 Å². The summed E-state index contributed by atoms with van der Waals surface area (Å²) in [6.07, 6.45) is -0.589. The molecule has 0 aliphatic heterocycles. The van der Waals surface area contributed by atoms with Crippen LogP contribution in [0.2, 0.25) is 0 Å². The van der Waals surface area contributed by atoms with Crippen LogP contribution in [-0.4, -0.2) is 11.1 Å². The van der Waals surface area contributed by atoms with Gasteiger partial charge in [-0.25, -0.2) is 0 Å². The average Bonchev–Trinajstić information content (AvgIpc) is 2.39. The zero-order chi connectivity index (χ0) is 13.0. The van der Waals surface area contributed by atoms with Gasteiger partial charge in [0, 0.05) is 17.3 Å². The molecule has 2 rings (SSSR count). The summed E-state index contributed by atoms with van der Waals surface area (Å²) in [5, 5.41) is 13.8. The molecule has 0 aromatic heterocycles. The number of para-hydroxylation sites is 1. The first-order valence-electron chi connectivity index (χ1n) is 6.27. The normalized spacial score (nSPS) is 12.4. The highest BCUT2D eigenvalue weighted by Crippen LogP contribution is 2.28. The van der Waals surface area contributed by atoms with Gasteiger partial charge in [0.1, 0.15) is 6.10 Å². The molecule has 94 valence electrons. The molecule has 2 aromatic carbocycles. The minimum atomic E-state index is -0.589. The van der Waals surface area contributed by atoms with Gasteiger partial charge >= 0.3 is 0 Å². The van der Waals surface area contributed by atoms with Gasteiger partial charge in [0.05, 0.1) is 0 Å². The van der Waals surface area contributed by atoms with Crippen molar-refractivity contribution in [2.75, 3.05) is 5.32 Å². The van der Waals surface area contributed by atoms with Gasteiger partial charge in [-0.3, -0.25) is 0 Å². The standard InChI is InChI=1S/C16H19NO/c1-12(2)17-15-11-7-6-10-14(15)16(18)13-8-4-3-5-9-13/h3-12,16-18H,1-2H3. The lowest BCUT2D eigenvalue weighted by Gasteiger charge is -2.18. The van der Waals surface area contributed by atoms with Crippen LogP contribution in [0.4, 0.5) is 5.69 Å². The average molecular weight is 241 g/mol. The highest BCUT2D eigenvalue weighted by Gasteiger charge is 2.14. The van der Waals surface area contributed by atoms with Crippen molar-refractivity contribution in [2.24, 2.45) is 0 Å². The first-order valence-corrected chi connectivity index (χ1v) is 6.27. The Balaban J connectivity index is 2.33. The van der Waals surface area contributed by atoms with Crippen LogP contribution in [0.5, 0.6) is 0 Å². The Hall–Kier alpha value is -1.80. The Labute approximate surface area is 108 Å². The smallest absolute Gasteiger partial charge is 0.106 e. The molecule has 18 heavy (non-hydrogen) atoms. The maximum Gasteiger partial charge on any atom is 0.106 e. The van der Waals surface area contributed by atoms with Crippen LogP contribution in [0, 0.1) is 0 Å². The van der Waals surface area contributed by atoms with E-state index in [4.69, 9.17) is 0 Å². The third-order valence-corrected chi connectivity index (χ3v) is 2.81. The predicted molar refractivity (Wildman–Crippen MR) is 75.7 cm³/mol. The molecular formula is C16H19NO. The van der Waals surface area contributed by atoms with Crippen LogP contribution in [0.1, 0.15) is 31.1 Å². The van der Waals surface area contributed by atoms with E-state index in [2.05, 4.69) is 19.2 Å². The van der Waals surface area contributed by atoms with Gasteiger partial charge in [0.15, 0.2) is 0 Å². The summed E-state index contributed by atoms with van der Waals surface area (Å²) in [6, 6.07) is 18.0. The van der Waals surface area contributed by atoms with E-state index in [9.17, 15) is 5.11 Å².